The first kappa shape index (κ1) is 16.8. The van der Waals surface area contributed by atoms with Crippen LogP contribution in [0.5, 0.6) is 5.75 Å². The zero-order valence-corrected chi connectivity index (χ0v) is 14.9. The zero-order chi connectivity index (χ0) is 15.3. The Morgan fingerprint density at radius 1 is 1.30 bits per heavy atom. The molecule has 0 aliphatic heterocycles. The van der Waals surface area contributed by atoms with Crippen molar-refractivity contribution in [2.45, 2.75) is 52.5 Å². The van der Waals surface area contributed by atoms with E-state index in [9.17, 15) is 4.79 Å². The van der Waals surface area contributed by atoms with Crippen molar-refractivity contribution in [2.75, 3.05) is 6.61 Å². The highest BCUT2D eigenvalue weighted by Gasteiger charge is 2.23. The van der Waals surface area contributed by atoms with E-state index in [0.29, 0.717) is 17.7 Å². The van der Waals surface area contributed by atoms with E-state index in [1.807, 2.05) is 25.1 Å². The Hall–Kier alpha value is -1.29. The molecular formula is C16H26O3Si. The van der Waals surface area contributed by atoms with Gasteiger partial charge < -0.3 is 9.16 Å². The van der Waals surface area contributed by atoms with Gasteiger partial charge in [-0.05, 0) is 41.6 Å². The molecule has 1 aromatic carbocycles. The molecule has 4 heteroatoms. The molecule has 0 saturated carbocycles. The van der Waals surface area contributed by atoms with Gasteiger partial charge >= 0.3 is 5.97 Å². The van der Waals surface area contributed by atoms with Gasteiger partial charge in [-0.15, -0.1) is 0 Å². The molecule has 0 radical (unpaired) electrons. The summed E-state index contributed by atoms with van der Waals surface area (Å²) in [6.07, 6.45) is 0. The van der Waals surface area contributed by atoms with Gasteiger partial charge in [-0.1, -0.05) is 34.6 Å². The molecular weight excluding hydrogens is 268 g/mol. The van der Waals surface area contributed by atoms with Gasteiger partial charge in [0, 0.05) is 0 Å². The second-order valence-corrected chi connectivity index (χ2v) is 8.64. The quantitative estimate of drug-likeness (QED) is 0.616. The smallest absolute Gasteiger partial charge is 0.338 e. The molecule has 0 bridgehead atoms. The van der Waals surface area contributed by atoms with E-state index in [4.69, 9.17) is 9.16 Å². The lowest BCUT2D eigenvalue weighted by atomic mass is 9.83. The minimum atomic E-state index is -0.569. The largest absolute Gasteiger partial charge is 0.549 e. The Morgan fingerprint density at radius 2 is 1.95 bits per heavy atom. The van der Waals surface area contributed by atoms with Gasteiger partial charge in [-0.3, -0.25) is 0 Å². The summed E-state index contributed by atoms with van der Waals surface area (Å²) in [5.41, 5.74) is 2.10. The normalized spacial score (nSPS) is 12.2. The number of esters is 1. The maximum atomic E-state index is 12.0. The van der Waals surface area contributed by atoms with Gasteiger partial charge in [0.1, 0.15) is 5.75 Å². The number of carbonyl (C=O) groups excluding carboxylic acids is 1. The van der Waals surface area contributed by atoms with Crippen molar-refractivity contribution in [3.8, 4) is 5.75 Å². The van der Waals surface area contributed by atoms with Crippen LogP contribution in [0.4, 0.5) is 0 Å². The number of rotatable bonds is 5. The molecule has 0 fully saturated rings. The first-order valence-electron chi connectivity index (χ1n) is 7.20. The van der Waals surface area contributed by atoms with Crippen molar-refractivity contribution in [2.24, 2.45) is 0 Å². The first-order valence-corrected chi connectivity index (χ1v) is 8.59. The van der Waals surface area contributed by atoms with Crippen molar-refractivity contribution < 1.29 is 14.0 Å². The van der Waals surface area contributed by atoms with E-state index < -0.39 is 9.76 Å². The number of hydrogen-bond donors (Lipinski definition) is 0. The van der Waals surface area contributed by atoms with Crippen LogP contribution in [0.2, 0.25) is 5.54 Å². The number of hydrogen-bond acceptors (Lipinski definition) is 3. The lowest BCUT2D eigenvalue weighted by Crippen LogP contribution is -2.19. The van der Waals surface area contributed by atoms with E-state index in [1.165, 1.54) is 0 Å². The fourth-order valence-electron chi connectivity index (χ4n) is 1.88. The summed E-state index contributed by atoms with van der Waals surface area (Å²) < 4.78 is 11.0. The fraction of sp³-hybridized carbons (Fsp3) is 0.562. The lowest BCUT2D eigenvalue weighted by Gasteiger charge is -2.23. The van der Waals surface area contributed by atoms with Gasteiger partial charge in [0.2, 0.25) is 9.76 Å². The lowest BCUT2D eigenvalue weighted by molar-refractivity contribution is 0.0523. The monoisotopic (exact) mass is 294 g/mol. The van der Waals surface area contributed by atoms with E-state index in [0.717, 1.165) is 11.3 Å². The highest BCUT2D eigenvalue weighted by atomic mass is 28.2. The molecule has 0 heterocycles. The summed E-state index contributed by atoms with van der Waals surface area (Å²) in [5, 5.41) is 0. The predicted octanol–water partition coefficient (Wildman–Crippen LogP) is 3.45. The molecule has 20 heavy (non-hydrogen) atoms. The van der Waals surface area contributed by atoms with Crippen molar-refractivity contribution in [1.82, 2.24) is 0 Å². The second-order valence-electron chi connectivity index (χ2n) is 6.38. The Bertz CT molecular complexity index is 461. The molecule has 0 aliphatic carbocycles. The van der Waals surface area contributed by atoms with Gasteiger partial charge in [0.05, 0.1) is 12.2 Å². The molecule has 1 aromatic rings. The van der Waals surface area contributed by atoms with E-state index in [2.05, 4.69) is 34.6 Å². The van der Waals surface area contributed by atoms with E-state index >= 15 is 0 Å². The van der Waals surface area contributed by atoms with Crippen molar-refractivity contribution in [3.63, 3.8) is 0 Å². The first-order chi connectivity index (χ1) is 9.25. The SMILES string of the molecule is CCOC(=O)c1ccc(O[SiH2]C(C)C)cc1C(C)(C)C. The summed E-state index contributed by atoms with van der Waals surface area (Å²) >= 11 is 0. The number of ether oxygens (including phenoxy) is 1. The summed E-state index contributed by atoms with van der Waals surface area (Å²) in [6, 6.07) is 5.68. The Labute approximate surface area is 124 Å². The molecule has 0 aromatic heterocycles. The predicted molar refractivity (Wildman–Crippen MR) is 85.4 cm³/mol. The van der Waals surface area contributed by atoms with Gasteiger partial charge in [-0.25, -0.2) is 4.79 Å². The molecule has 3 nitrogen and oxygen atoms in total. The molecule has 0 unspecified atom stereocenters. The Kier molecular flexibility index (Phi) is 5.81. The van der Waals surface area contributed by atoms with Crippen LogP contribution in [-0.4, -0.2) is 22.3 Å². The zero-order valence-electron chi connectivity index (χ0n) is 13.4. The number of carbonyl (C=O) groups is 1. The Morgan fingerprint density at radius 3 is 2.45 bits per heavy atom. The standard InChI is InChI=1S/C16H26O3Si/c1-7-18-15(17)13-9-8-12(19-20-11(2)3)10-14(13)16(4,5)6/h8-11H,7,20H2,1-6H3. The summed E-state index contributed by atoms with van der Waals surface area (Å²) in [6.45, 7) is 12.8. The summed E-state index contributed by atoms with van der Waals surface area (Å²) in [5.74, 6) is 0.605. The topological polar surface area (TPSA) is 35.5 Å². The maximum absolute atomic E-state index is 12.0. The summed E-state index contributed by atoms with van der Waals surface area (Å²) in [4.78, 5) is 12.0. The van der Waals surface area contributed by atoms with Crippen LogP contribution in [0, 0.1) is 0 Å². The van der Waals surface area contributed by atoms with Crippen LogP contribution in [0.25, 0.3) is 0 Å². The van der Waals surface area contributed by atoms with Crippen LogP contribution in [0.3, 0.4) is 0 Å². The van der Waals surface area contributed by atoms with E-state index in [-0.39, 0.29) is 11.4 Å². The van der Waals surface area contributed by atoms with Crippen molar-refractivity contribution in [3.05, 3.63) is 29.3 Å². The van der Waals surface area contributed by atoms with Gasteiger partial charge in [-0.2, -0.15) is 0 Å². The van der Waals surface area contributed by atoms with Gasteiger partial charge in [0.25, 0.3) is 0 Å². The molecule has 0 atom stereocenters. The van der Waals surface area contributed by atoms with Gasteiger partial charge in [0.15, 0.2) is 0 Å². The van der Waals surface area contributed by atoms with Crippen LogP contribution in [0.15, 0.2) is 18.2 Å². The average Bonchev–Trinajstić information content (AvgIpc) is 2.35. The van der Waals surface area contributed by atoms with Crippen molar-refractivity contribution >= 4 is 15.7 Å². The molecule has 0 aliphatic rings. The number of benzene rings is 1. The molecule has 0 amide bonds. The summed E-state index contributed by atoms with van der Waals surface area (Å²) in [7, 11) is -0.569. The molecule has 0 N–H and O–H groups in total. The molecule has 112 valence electrons. The highest BCUT2D eigenvalue weighted by Crippen LogP contribution is 2.30. The van der Waals surface area contributed by atoms with E-state index in [1.54, 1.807) is 0 Å². The van der Waals surface area contributed by atoms with Crippen LogP contribution in [0.1, 0.15) is 57.5 Å². The fourth-order valence-corrected chi connectivity index (χ4v) is 2.59. The Balaban J connectivity index is 3.10. The minimum absolute atomic E-state index is 0.124. The molecule has 0 saturated heterocycles. The molecule has 0 spiro atoms. The van der Waals surface area contributed by atoms with Crippen LogP contribution in [-0.2, 0) is 10.2 Å². The van der Waals surface area contributed by atoms with Crippen molar-refractivity contribution in [1.29, 1.82) is 0 Å². The third kappa shape index (κ3) is 4.67. The highest BCUT2D eigenvalue weighted by molar-refractivity contribution is 6.30. The second kappa shape index (κ2) is 6.93. The minimum Gasteiger partial charge on any atom is -0.549 e. The van der Waals surface area contributed by atoms with Crippen LogP contribution >= 0.6 is 0 Å². The third-order valence-electron chi connectivity index (χ3n) is 2.88. The molecule has 1 rings (SSSR count). The van der Waals surface area contributed by atoms with Crippen LogP contribution < -0.4 is 4.43 Å². The average molecular weight is 294 g/mol. The third-order valence-corrected chi connectivity index (χ3v) is 4.04. The maximum Gasteiger partial charge on any atom is 0.338 e.